The van der Waals surface area contributed by atoms with Gasteiger partial charge >= 0.3 is 0 Å². The van der Waals surface area contributed by atoms with Crippen LogP contribution in [0.2, 0.25) is 5.02 Å². The predicted octanol–water partition coefficient (Wildman–Crippen LogP) is 3.08. The fourth-order valence-electron chi connectivity index (χ4n) is 2.09. The number of hydrogen-bond acceptors (Lipinski definition) is 4. The zero-order chi connectivity index (χ0) is 15.1. The summed E-state index contributed by atoms with van der Waals surface area (Å²) in [7, 11) is 3.19. The second kappa shape index (κ2) is 7.86. The third-order valence-electron chi connectivity index (χ3n) is 3.16. The van der Waals surface area contributed by atoms with E-state index in [-0.39, 0.29) is 0 Å². The van der Waals surface area contributed by atoms with Crippen molar-refractivity contribution in [2.45, 2.75) is 13.0 Å². The maximum Gasteiger partial charge on any atom is 0.179 e. The van der Waals surface area contributed by atoms with E-state index in [0.717, 1.165) is 25.1 Å². The van der Waals surface area contributed by atoms with Crippen LogP contribution in [-0.4, -0.2) is 25.7 Å². The van der Waals surface area contributed by atoms with Gasteiger partial charge < -0.3 is 14.8 Å². The first-order chi connectivity index (χ1) is 10.2. The molecule has 0 aliphatic rings. The van der Waals surface area contributed by atoms with Crippen LogP contribution in [0.3, 0.4) is 0 Å². The minimum atomic E-state index is 0.558. The van der Waals surface area contributed by atoms with Crippen LogP contribution in [0.5, 0.6) is 11.5 Å². The summed E-state index contributed by atoms with van der Waals surface area (Å²) < 4.78 is 10.5. The first kappa shape index (κ1) is 15.6. The monoisotopic (exact) mass is 306 g/mol. The van der Waals surface area contributed by atoms with Crippen LogP contribution >= 0.6 is 11.6 Å². The molecular formula is C16H19ClN2O2. The number of methoxy groups -OCH3 is 2. The highest BCUT2D eigenvalue weighted by Gasteiger charge is 2.10. The van der Waals surface area contributed by atoms with Gasteiger partial charge in [0.1, 0.15) is 0 Å². The Morgan fingerprint density at radius 1 is 1.10 bits per heavy atom. The van der Waals surface area contributed by atoms with Gasteiger partial charge in [-0.25, -0.2) is 0 Å². The Kier molecular flexibility index (Phi) is 5.84. The molecule has 2 rings (SSSR count). The molecule has 0 aliphatic heterocycles. The van der Waals surface area contributed by atoms with Crippen LogP contribution in [0.1, 0.15) is 11.1 Å². The number of halogens is 1. The van der Waals surface area contributed by atoms with Gasteiger partial charge in [0.05, 0.1) is 19.2 Å². The molecule has 1 heterocycles. The maximum atomic E-state index is 6.18. The Hall–Kier alpha value is -1.78. The highest BCUT2D eigenvalue weighted by Crippen LogP contribution is 2.35. The molecule has 21 heavy (non-hydrogen) atoms. The van der Waals surface area contributed by atoms with E-state index in [1.807, 2.05) is 36.7 Å². The SMILES string of the molecule is COc1cc(CNCCc2ccncc2)cc(Cl)c1OC. The third-order valence-corrected chi connectivity index (χ3v) is 3.44. The molecule has 0 saturated heterocycles. The zero-order valence-corrected chi connectivity index (χ0v) is 13.0. The molecule has 1 N–H and O–H groups in total. The lowest BCUT2D eigenvalue weighted by Gasteiger charge is -2.12. The summed E-state index contributed by atoms with van der Waals surface area (Å²) in [6.45, 7) is 1.61. The molecule has 112 valence electrons. The van der Waals surface area contributed by atoms with Gasteiger partial charge in [-0.05, 0) is 48.4 Å². The number of hydrogen-bond donors (Lipinski definition) is 1. The van der Waals surface area contributed by atoms with Gasteiger partial charge in [-0.15, -0.1) is 0 Å². The molecule has 0 amide bonds. The number of rotatable bonds is 7. The summed E-state index contributed by atoms with van der Waals surface area (Å²) in [5, 5.41) is 3.95. The molecule has 0 fully saturated rings. The first-order valence-electron chi connectivity index (χ1n) is 6.74. The second-order valence-electron chi connectivity index (χ2n) is 4.60. The molecule has 1 aromatic heterocycles. The van der Waals surface area contributed by atoms with Crippen LogP contribution in [-0.2, 0) is 13.0 Å². The lowest BCUT2D eigenvalue weighted by atomic mass is 10.1. The van der Waals surface area contributed by atoms with E-state index in [4.69, 9.17) is 21.1 Å². The molecule has 0 bridgehead atoms. The quantitative estimate of drug-likeness (QED) is 0.798. The van der Waals surface area contributed by atoms with E-state index in [9.17, 15) is 0 Å². The highest BCUT2D eigenvalue weighted by molar-refractivity contribution is 6.32. The summed E-state index contributed by atoms with van der Waals surface area (Å²) in [6, 6.07) is 7.87. The maximum absolute atomic E-state index is 6.18. The Morgan fingerprint density at radius 3 is 2.52 bits per heavy atom. The average molecular weight is 307 g/mol. The van der Waals surface area contributed by atoms with Crippen molar-refractivity contribution in [1.29, 1.82) is 0 Å². The normalized spacial score (nSPS) is 10.4. The minimum absolute atomic E-state index is 0.558. The summed E-state index contributed by atoms with van der Waals surface area (Å²) in [5.74, 6) is 1.22. The highest BCUT2D eigenvalue weighted by atomic mass is 35.5. The zero-order valence-electron chi connectivity index (χ0n) is 12.2. The third kappa shape index (κ3) is 4.34. The lowest BCUT2D eigenvalue weighted by molar-refractivity contribution is 0.354. The van der Waals surface area contributed by atoms with Crippen molar-refractivity contribution < 1.29 is 9.47 Å². The summed E-state index contributed by atoms with van der Waals surface area (Å²) in [6.07, 6.45) is 4.58. The van der Waals surface area contributed by atoms with Crippen LogP contribution < -0.4 is 14.8 Å². The van der Waals surface area contributed by atoms with Crippen LogP contribution in [0, 0.1) is 0 Å². The van der Waals surface area contributed by atoms with Gasteiger partial charge in [0.15, 0.2) is 11.5 Å². The van der Waals surface area contributed by atoms with Gasteiger partial charge in [-0.1, -0.05) is 11.6 Å². The number of aromatic nitrogens is 1. The smallest absolute Gasteiger partial charge is 0.179 e. The molecule has 1 aromatic carbocycles. The van der Waals surface area contributed by atoms with E-state index >= 15 is 0 Å². The predicted molar refractivity (Wildman–Crippen MR) is 84.2 cm³/mol. The molecule has 0 unspecified atom stereocenters. The molecule has 0 radical (unpaired) electrons. The van der Waals surface area contributed by atoms with E-state index in [0.29, 0.717) is 16.5 Å². The van der Waals surface area contributed by atoms with E-state index in [1.54, 1.807) is 14.2 Å². The van der Waals surface area contributed by atoms with E-state index in [2.05, 4.69) is 10.3 Å². The first-order valence-corrected chi connectivity index (χ1v) is 7.12. The van der Waals surface area contributed by atoms with E-state index < -0.39 is 0 Å². The molecule has 2 aromatic rings. The van der Waals surface area contributed by atoms with E-state index in [1.165, 1.54) is 5.56 Å². The average Bonchev–Trinajstić information content (AvgIpc) is 2.52. The fourth-order valence-corrected chi connectivity index (χ4v) is 2.40. The minimum Gasteiger partial charge on any atom is -0.493 e. The standard InChI is InChI=1S/C16H19ClN2O2/c1-20-15-10-13(9-14(17)16(15)21-2)11-19-8-5-12-3-6-18-7-4-12/h3-4,6-7,9-10,19H,5,8,11H2,1-2H3. The van der Waals surface area contributed by atoms with Gasteiger partial charge in [-0.3, -0.25) is 4.98 Å². The molecule has 4 nitrogen and oxygen atoms in total. The molecule has 0 saturated carbocycles. The number of pyridine rings is 1. The summed E-state index contributed by atoms with van der Waals surface area (Å²) >= 11 is 6.18. The number of nitrogens with zero attached hydrogens (tertiary/aromatic N) is 1. The fraction of sp³-hybridized carbons (Fsp3) is 0.312. The topological polar surface area (TPSA) is 43.4 Å². The summed E-state index contributed by atoms with van der Waals surface area (Å²) in [4.78, 5) is 4.01. The number of nitrogens with one attached hydrogen (secondary N) is 1. The van der Waals surface area contributed by atoms with Crippen molar-refractivity contribution in [3.8, 4) is 11.5 Å². The molecule has 0 aliphatic carbocycles. The van der Waals surface area contributed by atoms with Crippen molar-refractivity contribution in [2.75, 3.05) is 20.8 Å². The largest absolute Gasteiger partial charge is 0.493 e. The van der Waals surface area contributed by atoms with Gasteiger partial charge in [-0.2, -0.15) is 0 Å². The van der Waals surface area contributed by atoms with Gasteiger partial charge in [0.2, 0.25) is 0 Å². The molecule has 0 atom stereocenters. The van der Waals surface area contributed by atoms with Crippen LogP contribution in [0.15, 0.2) is 36.7 Å². The van der Waals surface area contributed by atoms with Gasteiger partial charge in [0, 0.05) is 18.9 Å². The Labute approximate surface area is 130 Å². The second-order valence-corrected chi connectivity index (χ2v) is 5.00. The van der Waals surface area contributed by atoms with Gasteiger partial charge in [0.25, 0.3) is 0 Å². The molecule has 0 spiro atoms. The van der Waals surface area contributed by atoms with Crippen molar-refractivity contribution in [3.63, 3.8) is 0 Å². The summed E-state index contributed by atoms with van der Waals surface area (Å²) in [5.41, 5.74) is 2.33. The Morgan fingerprint density at radius 2 is 1.86 bits per heavy atom. The lowest BCUT2D eigenvalue weighted by Crippen LogP contribution is -2.16. The molecular weight excluding hydrogens is 288 g/mol. The van der Waals surface area contributed by atoms with Crippen molar-refractivity contribution in [3.05, 3.63) is 52.8 Å². The van der Waals surface area contributed by atoms with Crippen molar-refractivity contribution in [2.24, 2.45) is 0 Å². The van der Waals surface area contributed by atoms with Crippen LogP contribution in [0.25, 0.3) is 0 Å². The number of ether oxygens (including phenoxy) is 2. The van der Waals surface area contributed by atoms with Crippen LogP contribution in [0.4, 0.5) is 0 Å². The molecule has 5 heteroatoms. The Bertz CT molecular complexity index is 576. The van der Waals surface area contributed by atoms with Crippen molar-refractivity contribution in [1.82, 2.24) is 10.3 Å². The van der Waals surface area contributed by atoms with Crippen molar-refractivity contribution >= 4 is 11.6 Å². The number of benzene rings is 1. The Balaban J connectivity index is 1.90.